The van der Waals surface area contributed by atoms with E-state index in [9.17, 15) is 0 Å². The van der Waals surface area contributed by atoms with Crippen LogP contribution in [0.1, 0.15) is 20.3 Å². The van der Waals surface area contributed by atoms with E-state index in [-0.39, 0.29) is 0 Å². The minimum atomic E-state index is 0.968. The lowest BCUT2D eigenvalue weighted by Gasteiger charge is -2.18. The van der Waals surface area contributed by atoms with Crippen molar-refractivity contribution < 1.29 is 0 Å². The van der Waals surface area contributed by atoms with Gasteiger partial charge in [0.1, 0.15) is 0 Å². The second kappa shape index (κ2) is 4.19. The van der Waals surface area contributed by atoms with Crippen LogP contribution in [0, 0.1) is 0 Å². The Morgan fingerprint density at radius 1 is 1.56 bits per heavy atom. The lowest BCUT2D eigenvalue weighted by Crippen LogP contribution is -2.13. The lowest BCUT2D eigenvalue weighted by molar-refractivity contribution is 0.479. The maximum Gasteiger partial charge on any atom is 0.0193 e. The van der Waals surface area contributed by atoms with E-state index >= 15 is 0 Å². The Kier molecular flexibility index (Phi) is 3.85. The second-order valence-corrected chi connectivity index (χ2v) is 1.89. The summed E-state index contributed by atoms with van der Waals surface area (Å²) in [6.07, 6.45) is 2.81. The molecule has 0 amide bonds. The first kappa shape index (κ1) is 8.28. The molecule has 0 aromatic rings. The normalized spacial score (nSPS) is 8.67. The number of hydrogen-bond acceptors (Lipinski definition) is 1. The highest BCUT2D eigenvalue weighted by atomic mass is 15.1. The fraction of sp³-hybridized carbons (Fsp3) is 0.500. The van der Waals surface area contributed by atoms with E-state index in [1.54, 1.807) is 0 Å². The third kappa shape index (κ3) is 2.36. The molecule has 0 spiro atoms. The molecule has 1 heteroatoms. The van der Waals surface area contributed by atoms with Gasteiger partial charge in [0, 0.05) is 12.2 Å². The van der Waals surface area contributed by atoms with Gasteiger partial charge in [-0.05, 0) is 19.5 Å². The summed E-state index contributed by atoms with van der Waals surface area (Å²) in [4.78, 5) is 2.04. The highest BCUT2D eigenvalue weighted by Gasteiger charge is 1.95. The minimum absolute atomic E-state index is 0.968. The molecule has 0 aromatic heterocycles. The molecule has 0 atom stereocenters. The Hall–Kier alpha value is -0.720. The van der Waals surface area contributed by atoms with Gasteiger partial charge in [-0.2, -0.15) is 0 Å². The Morgan fingerprint density at radius 3 is 2.22 bits per heavy atom. The van der Waals surface area contributed by atoms with Crippen LogP contribution < -0.4 is 0 Å². The van der Waals surface area contributed by atoms with Crippen molar-refractivity contribution in [2.75, 3.05) is 6.54 Å². The molecule has 0 bridgehead atoms. The Morgan fingerprint density at radius 2 is 2.11 bits per heavy atom. The first-order chi connectivity index (χ1) is 4.26. The summed E-state index contributed by atoms with van der Waals surface area (Å²) in [6, 6.07) is 0. The van der Waals surface area contributed by atoms with Gasteiger partial charge >= 0.3 is 0 Å². The third-order valence-electron chi connectivity index (χ3n) is 1.38. The summed E-state index contributed by atoms with van der Waals surface area (Å²) < 4.78 is 0. The Balaban J connectivity index is 3.78. The van der Waals surface area contributed by atoms with E-state index in [1.807, 2.05) is 11.1 Å². The van der Waals surface area contributed by atoms with Gasteiger partial charge in [-0.25, -0.2) is 0 Å². The molecular weight excluding hydrogens is 110 g/mol. The summed E-state index contributed by atoms with van der Waals surface area (Å²) in [7, 11) is 0. The predicted molar refractivity (Wildman–Crippen MR) is 42.0 cm³/mol. The first-order valence-corrected chi connectivity index (χ1v) is 3.33. The van der Waals surface area contributed by atoms with Crippen LogP contribution in [0.25, 0.3) is 0 Å². The van der Waals surface area contributed by atoms with Crippen molar-refractivity contribution in [2.24, 2.45) is 0 Å². The number of rotatable bonds is 4. The molecule has 0 N–H and O–H groups in total. The van der Waals surface area contributed by atoms with E-state index in [4.69, 9.17) is 0 Å². The zero-order valence-electron chi connectivity index (χ0n) is 6.35. The number of hydrogen-bond donors (Lipinski definition) is 0. The lowest BCUT2D eigenvalue weighted by atomic mass is 10.3. The van der Waals surface area contributed by atoms with Crippen LogP contribution in [-0.2, 0) is 0 Å². The Labute approximate surface area is 57.7 Å². The monoisotopic (exact) mass is 125 g/mol. The Bertz CT molecular complexity index is 105. The third-order valence-corrected chi connectivity index (χ3v) is 1.38. The summed E-state index contributed by atoms with van der Waals surface area (Å²) in [5.74, 6) is 0. The molecule has 0 aliphatic rings. The molecule has 0 aliphatic heterocycles. The molecule has 0 saturated heterocycles. The van der Waals surface area contributed by atoms with Crippen molar-refractivity contribution in [1.82, 2.24) is 4.90 Å². The second-order valence-electron chi connectivity index (χ2n) is 1.89. The maximum atomic E-state index is 3.87. The van der Waals surface area contributed by atoms with Crippen molar-refractivity contribution in [1.29, 1.82) is 0 Å². The number of allylic oxidation sites excluding steroid dienone is 1. The molecule has 0 fully saturated rings. The van der Waals surface area contributed by atoms with Crippen molar-refractivity contribution in [2.45, 2.75) is 20.3 Å². The summed E-state index contributed by atoms with van der Waals surface area (Å²) in [5, 5.41) is 0. The van der Waals surface area contributed by atoms with Crippen molar-refractivity contribution in [3.8, 4) is 0 Å². The van der Waals surface area contributed by atoms with Crippen molar-refractivity contribution >= 4 is 0 Å². The highest BCUT2D eigenvalue weighted by Crippen LogP contribution is 2.04. The van der Waals surface area contributed by atoms with Crippen LogP contribution in [0.4, 0.5) is 0 Å². The molecule has 52 valence electrons. The standard InChI is InChI=1S/C8H15N/c1-5-8(4)9(6-2)7-3/h6H,2,4-5,7H2,1,3H3. The van der Waals surface area contributed by atoms with Crippen LogP contribution >= 0.6 is 0 Å². The van der Waals surface area contributed by atoms with Crippen molar-refractivity contribution in [3.05, 3.63) is 25.1 Å². The van der Waals surface area contributed by atoms with Gasteiger partial charge < -0.3 is 4.90 Å². The smallest absolute Gasteiger partial charge is 0.0193 e. The van der Waals surface area contributed by atoms with E-state index in [0.717, 1.165) is 18.7 Å². The van der Waals surface area contributed by atoms with Crippen LogP contribution in [0.3, 0.4) is 0 Å². The van der Waals surface area contributed by atoms with E-state index in [0.29, 0.717) is 0 Å². The van der Waals surface area contributed by atoms with E-state index in [1.165, 1.54) is 0 Å². The first-order valence-electron chi connectivity index (χ1n) is 3.33. The van der Waals surface area contributed by atoms with Crippen LogP contribution in [0.5, 0.6) is 0 Å². The molecule has 0 aromatic carbocycles. The number of nitrogens with zero attached hydrogens (tertiary/aromatic N) is 1. The molecule has 0 heterocycles. The van der Waals surface area contributed by atoms with Gasteiger partial charge in [0.25, 0.3) is 0 Å². The van der Waals surface area contributed by atoms with Gasteiger partial charge in [0.2, 0.25) is 0 Å². The maximum absolute atomic E-state index is 3.87. The molecule has 0 saturated carbocycles. The molecular formula is C8H15N. The molecule has 0 rings (SSSR count). The average molecular weight is 125 g/mol. The van der Waals surface area contributed by atoms with Crippen LogP contribution in [-0.4, -0.2) is 11.4 Å². The predicted octanol–water partition coefficient (Wildman–Crippen LogP) is 2.38. The molecule has 9 heavy (non-hydrogen) atoms. The zero-order valence-corrected chi connectivity index (χ0v) is 6.35. The quantitative estimate of drug-likeness (QED) is 0.557. The summed E-state index contributed by atoms with van der Waals surface area (Å²) >= 11 is 0. The van der Waals surface area contributed by atoms with Gasteiger partial charge in [0.05, 0.1) is 0 Å². The van der Waals surface area contributed by atoms with Crippen molar-refractivity contribution in [3.63, 3.8) is 0 Å². The average Bonchev–Trinajstić information content (AvgIpc) is 1.90. The molecule has 0 unspecified atom stereocenters. The fourth-order valence-corrected chi connectivity index (χ4v) is 0.685. The topological polar surface area (TPSA) is 3.24 Å². The van der Waals surface area contributed by atoms with Gasteiger partial charge in [-0.3, -0.25) is 0 Å². The van der Waals surface area contributed by atoms with Gasteiger partial charge in [-0.15, -0.1) is 0 Å². The van der Waals surface area contributed by atoms with E-state index in [2.05, 4.69) is 27.0 Å². The molecule has 0 aliphatic carbocycles. The summed E-state index contributed by atoms with van der Waals surface area (Å²) in [5.41, 5.74) is 1.13. The molecule has 0 radical (unpaired) electrons. The van der Waals surface area contributed by atoms with Gasteiger partial charge in [-0.1, -0.05) is 20.1 Å². The fourth-order valence-electron chi connectivity index (χ4n) is 0.685. The zero-order chi connectivity index (χ0) is 7.28. The van der Waals surface area contributed by atoms with E-state index < -0.39 is 0 Å². The molecule has 1 nitrogen and oxygen atoms in total. The largest absolute Gasteiger partial charge is 0.353 e. The SMILES string of the molecule is C=CN(CC)C(=C)CC. The van der Waals surface area contributed by atoms with Crippen LogP contribution in [0.15, 0.2) is 25.1 Å². The van der Waals surface area contributed by atoms with Crippen LogP contribution in [0.2, 0.25) is 0 Å². The highest BCUT2D eigenvalue weighted by molar-refractivity contribution is 4.96. The van der Waals surface area contributed by atoms with Gasteiger partial charge in [0.15, 0.2) is 0 Å². The summed E-state index contributed by atoms with van der Waals surface area (Å²) in [6.45, 7) is 12.7. The minimum Gasteiger partial charge on any atom is -0.353 e.